The molecule has 0 bridgehead atoms. The Kier molecular flexibility index (Phi) is 6.37. The van der Waals surface area contributed by atoms with Gasteiger partial charge in [-0.3, -0.25) is 14.9 Å². The molecule has 0 radical (unpaired) electrons. The van der Waals surface area contributed by atoms with E-state index in [2.05, 4.69) is 20.8 Å². The number of alkyl halides is 3. The third-order valence-electron chi connectivity index (χ3n) is 2.82. The van der Waals surface area contributed by atoms with E-state index in [0.29, 0.717) is 4.34 Å². The molecule has 13 heteroatoms. The van der Waals surface area contributed by atoms with E-state index >= 15 is 0 Å². The molecule has 1 aromatic heterocycles. The second-order valence-corrected chi connectivity index (χ2v) is 7.46. The zero-order valence-electron chi connectivity index (χ0n) is 13.1. The van der Waals surface area contributed by atoms with Crippen LogP contribution in [-0.2, 0) is 4.79 Å². The number of nitrogens with one attached hydrogen (secondary N) is 2. The first-order valence-corrected chi connectivity index (χ1v) is 8.70. The lowest BCUT2D eigenvalue weighted by Gasteiger charge is -2.10. The Morgan fingerprint density at radius 1 is 1.42 bits per heavy atom. The summed E-state index contributed by atoms with van der Waals surface area (Å²) in [4.78, 5) is 22.3. The van der Waals surface area contributed by atoms with Crippen LogP contribution in [0, 0.1) is 10.1 Å². The van der Waals surface area contributed by atoms with E-state index in [4.69, 9.17) is 0 Å². The maximum Gasteiger partial charge on any atom is 0.405 e. The average molecular weight is 407 g/mol. The van der Waals surface area contributed by atoms with Crippen molar-refractivity contribution in [3.8, 4) is 0 Å². The van der Waals surface area contributed by atoms with E-state index in [0.717, 1.165) is 23.1 Å². The molecule has 8 nitrogen and oxygen atoms in total. The lowest BCUT2D eigenvalue weighted by molar-refractivity contribution is -0.384. The number of nitrogens with zero attached hydrogens (tertiary/aromatic N) is 3. The summed E-state index contributed by atoms with van der Waals surface area (Å²) in [7, 11) is 0. The number of aromatic nitrogens is 2. The average Bonchev–Trinajstić information content (AvgIpc) is 3.00. The number of anilines is 2. The van der Waals surface area contributed by atoms with Crippen LogP contribution < -0.4 is 10.6 Å². The molecule has 1 amide bonds. The van der Waals surface area contributed by atoms with Gasteiger partial charge in [0.2, 0.25) is 11.0 Å². The largest absolute Gasteiger partial charge is 0.405 e. The summed E-state index contributed by atoms with van der Waals surface area (Å²) in [5, 5.41) is 22.0. The highest BCUT2D eigenvalue weighted by molar-refractivity contribution is 8.02. The van der Waals surface area contributed by atoms with Crippen molar-refractivity contribution >= 4 is 45.5 Å². The van der Waals surface area contributed by atoms with Gasteiger partial charge in [-0.05, 0) is 13.0 Å². The summed E-state index contributed by atoms with van der Waals surface area (Å²) >= 11 is 1.91. The van der Waals surface area contributed by atoms with E-state index in [1.165, 1.54) is 24.3 Å². The molecular weight excluding hydrogens is 395 g/mol. The summed E-state index contributed by atoms with van der Waals surface area (Å²) in [6.07, 6.45) is -4.37. The van der Waals surface area contributed by atoms with Gasteiger partial charge in [-0.25, -0.2) is 0 Å². The molecule has 0 aliphatic rings. The fourth-order valence-electron chi connectivity index (χ4n) is 1.65. The standard InChI is InChI=1S/C13H12F3N5O3S2/c1-7(10(22)18-8-3-2-4-9(5-8)21(23)24)25-12-20-19-11(26-12)17-6-13(14,15)16/h2-5,7H,6H2,1H3,(H,17,19)(H,18,22). The lowest BCUT2D eigenvalue weighted by Crippen LogP contribution is -2.22. The molecule has 0 aliphatic heterocycles. The number of carbonyl (C=O) groups excluding carboxylic acids is 1. The van der Waals surface area contributed by atoms with Gasteiger partial charge in [0.15, 0.2) is 4.34 Å². The summed E-state index contributed by atoms with van der Waals surface area (Å²) < 4.78 is 36.7. The molecular formula is C13H12F3N5O3S2. The van der Waals surface area contributed by atoms with Crippen LogP contribution in [0.2, 0.25) is 0 Å². The Labute approximate surface area is 153 Å². The smallest absolute Gasteiger partial charge is 0.351 e. The predicted octanol–water partition coefficient (Wildman–Crippen LogP) is 3.54. The molecule has 2 rings (SSSR count). The highest BCUT2D eigenvalue weighted by Gasteiger charge is 2.27. The van der Waals surface area contributed by atoms with Crippen LogP contribution in [0.5, 0.6) is 0 Å². The molecule has 0 saturated heterocycles. The summed E-state index contributed by atoms with van der Waals surface area (Å²) in [5.41, 5.74) is 0.106. The van der Waals surface area contributed by atoms with Crippen molar-refractivity contribution in [3.63, 3.8) is 0 Å². The number of thioether (sulfide) groups is 1. The van der Waals surface area contributed by atoms with E-state index < -0.39 is 28.8 Å². The van der Waals surface area contributed by atoms with Crippen LogP contribution in [0.1, 0.15) is 6.92 Å². The SMILES string of the molecule is CC(Sc1nnc(NCC(F)(F)F)s1)C(=O)Nc1cccc([N+](=O)[O-])c1. The first kappa shape index (κ1) is 19.9. The zero-order valence-corrected chi connectivity index (χ0v) is 14.7. The third-order valence-corrected chi connectivity index (χ3v) is 4.88. The topological polar surface area (TPSA) is 110 Å². The zero-order chi connectivity index (χ0) is 19.3. The summed E-state index contributed by atoms with van der Waals surface area (Å²) in [6.45, 7) is 0.344. The van der Waals surface area contributed by atoms with Gasteiger partial charge in [0.25, 0.3) is 5.69 Å². The minimum absolute atomic E-state index is 0.00360. The molecule has 1 unspecified atom stereocenters. The number of hydrogen-bond acceptors (Lipinski definition) is 8. The molecule has 2 N–H and O–H groups in total. The number of carbonyl (C=O) groups is 1. The van der Waals surface area contributed by atoms with Crippen molar-refractivity contribution in [1.29, 1.82) is 0 Å². The number of halogens is 3. The van der Waals surface area contributed by atoms with Crippen LogP contribution in [0.15, 0.2) is 28.6 Å². The number of rotatable bonds is 7. The second-order valence-electron chi connectivity index (χ2n) is 4.90. The Balaban J connectivity index is 1.92. The van der Waals surface area contributed by atoms with Gasteiger partial charge in [-0.2, -0.15) is 13.2 Å². The number of benzene rings is 1. The van der Waals surface area contributed by atoms with Gasteiger partial charge >= 0.3 is 6.18 Å². The van der Waals surface area contributed by atoms with Crippen molar-refractivity contribution in [2.45, 2.75) is 22.7 Å². The molecule has 1 heterocycles. The fourth-order valence-corrected chi connectivity index (χ4v) is 3.54. The monoisotopic (exact) mass is 407 g/mol. The molecule has 0 aliphatic carbocycles. The first-order chi connectivity index (χ1) is 12.1. The van der Waals surface area contributed by atoms with Crippen LogP contribution in [0.3, 0.4) is 0 Å². The normalized spacial score (nSPS) is 12.5. The maximum absolute atomic E-state index is 12.2. The highest BCUT2D eigenvalue weighted by Crippen LogP contribution is 2.30. The minimum atomic E-state index is -4.37. The Morgan fingerprint density at radius 3 is 2.81 bits per heavy atom. The van der Waals surface area contributed by atoms with Gasteiger partial charge in [-0.1, -0.05) is 29.2 Å². The van der Waals surface area contributed by atoms with Crippen LogP contribution in [0.25, 0.3) is 0 Å². The lowest BCUT2D eigenvalue weighted by atomic mass is 10.2. The number of nitro groups is 1. The molecule has 26 heavy (non-hydrogen) atoms. The van der Waals surface area contributed by atoms with Gasteiger partial charge < -0.3 is 10.6 Å². The number of hydrogen-bond donors (Lipinski definition) is 2. The molecule has 2 aromatic rings. The Hall–Kier alpha value is -2.41. The first-order valence-electron chi connectivity index (χ1n) is 7.00. The summed E-state index contributed by atoms with van der Waals surface area (Å²) in [5.74, 6) is -0.435. The van der Waals surface area contributed by atoms with Crippen molar-refractivity contribution in [2.75, 3.05) is 17.2 Å². The quantitative estimate of drug-likeness (QED) is 0.410. The predicted molar refractivity (Wildman–Crippen MR) is 91.5 cm³/mol. The van der Waals surface area contributed by atoms with Crippen LogP contribution in [-0.4, -0.2) is 39.0 Å². The van der Waals surface area contributed by atoms with Gasteiger partial charge in [-0.15, -0.1) is 10.2 Å². The summed E-state index contributed by atoms with van der Waals surface area (Å²) in [6, 6.07) is 5.46. The maximum atomic E-state index is 12.2. The van der Waals surface area contributed by atoms with Crippen molar-refractivity contribution in [3.05, 3.63) is 34.4 Å². The third kappa shape index (κ3) is 6.15. The van der Waals surface area contributed by atoms with Crippen molar-refractivity contribution in [1.82, 2.24) is 10.2 Å². The van der Waals surface area contributed by atoms with E-state index in [9.17, 15) is 28.1 Å². The van der Waals surface area contributed by atoms with Crippen molar-refractivity contribution < 1.29 is 22.9 Å². The molecule has 0 saturated carbocycles. The van der Waals surface area contributed by atoms with E-state index in [1.54, 1.807) is 6.92 Å². The van der Waals surface area contributed by atoms with Crippen molar-refractivity contribution in [2.24, 2.45) is 0 Å². The minimum Gasteiger partial charge on any atom is -0.351 e. The van der Waals surface area contributed by atoms with Gasteiger partial charge in [0.05, 0.1) is 10.2 Å². The fraction of sp³-hybridized carbons (Fsp3) is 0.308. The number of nitro benzene ring substituents is 1. The highest BCUT2D eigenvalue weighted by atomic mass is 32.2. The molecule has 0 spiro atoms. The Morgan fingerprint density at radius 2 is 2.15 bits per heavy atom. The number of non-ortho nitro benzene ring substituents is 1. The van der Waals surface area contributed by atoms with Gasteiger partial charge in [0.1, 0.15) is 6.54 Å². The second kappa shape index (κ2) is 8.31. The molecule has 0 fully saturated rings. The number of amides is 1. The van der Waals surface area contributed by atoms with E-state index in [-0.39, 0.29) is 16.5 Å². The molecule has 1 atom stereocenters. The van der Waals surface area contributed by atoms with E-state index in [1.807, 2.05) is 0 Å². The Bertz CT molecular complexity index is 799. The van der Waals surface area contributed by atoms with Gasteiger partial charge in [0, 0.05) is 17.8 Å². The van der Waals surface area contributed by atoms with Crippen LogP contribution in [0.4, 0.5) is 29.7 Å². The van der Waals surface area contributed by atoms with Crippen LogP contribution >= 0.6 is 23.1 Å². The molecule has 1 aromatic carbocycles. The molecule has 140 valence electrons.